The molecule has 0 aromatic rings. The predicted octanol–water partition coefficient (Wildman–Crippen LogP) is 11.7. The average Bonchev–Trinajstić information content (AvgIpc) is 3.09. The van der Waals surface area contributed by atoms with Crippen molar-refractivity contribution in [2.45, 2.75) is 206 Å². The molecule has 0 aromatic carbocycles. The van der Waals surface area contributed by atoms with Crippen LogP contribution >= 0.6 is 7.82 Å². The molecule has 0 aromatic heterocycles. The van der Waals surface area contributed by atoms with Crippen LogP contribution in [0.25, 0.3) is 0 Å². The van der Waals surface area contributed by atoms with E-state index in [1.807, 2.05) is 27.2 Å². The number of aliphatic hydroxyl groups excluding tert-OH is 1. The van der Waals surface area contributed by atoms with Crippen molar-refractivity contribution in [2.24, 2.45) is 0 Å². The van der Waals surface area contributed by atoms with E-state index in [1.165, 1.54) is 122 Å². The Morgan fingerprint density at radius 3 is 1.48 bits per heavy atom. The number of unbranched alkanes of at least 4 members (excludes halogenated alkanes) is 24. The van der Waals surface area contributed by atoms with Crippen LogP contribution in [0, 0.1) is 0 Å². The normalized spacial score (nSPS) is 14.7. The number of likely N-dealkylation sites (N-methyl/N-ethyl adjacent to an activating group) is 1. The van der Waals surface area contributed by atoms with Gasteiger partial charge in [0.2, 0.25) is 5.91 Å². The minimum atomic E-state index is -4.33. The molecule has 0 saturated carbocycles. The first-order valence-corrected chi connectivity index (χ1v) is 23.2. The van der Waals surface area contributed by atoms with Crippen LogP contribution in [-0.4, -0.2) is 73.4 Å². The van der Waals surface area contributed by atoms with Crippen LogP contribution in [0.3, 0.4) is 0 Å². The highest BCUT2D eigenvalue weighted by atomic mass is 31.2. The van der Waals surface area contributed by atoms with Crippen LogP contribution in [0.5, 0.6) is 0 Å². The molecule has 8 nitrogen and oxygen atoms in total. The van der Waals surface area contributed by atoms with Crippen LogP contribution in [0.1, 0.15) is 194 Å². The Kier molecular flexibility index (Phi) is 35.0. The van der Waals surface area contributed by atoms with E-state index >= 15 is 0 Å². The van der Waals surface area contributed by atoms with Gasteiger partial charge in [0.05, 0.1) is 39.9 Å². The highest BCUT2D eigenvalue weighted by molar-refractivity contribution is 7.47. The zero-order valence-corrected chi connectivity index (χ0v) is 35.7. The third kappa shape index (κ3) is 37.3. The van der Waals surface area contributed by atoms with E-state index in [9.17, 15) is 19.4 Å². The van der Waals surface area contributed by atoms with Gasteiger partial charge in [-0.15, -0.1) is 0 Å². The second kappa shape index (κ2) is 35.7. The molecule has 0 rings (SSSR count). The highest BCUT2D eigenvalue weighted by Gasteiger charge is 2.27. The van der Waals surface area contributed by atoms with E-state index in [-0.39, 0.29) is 19.1 Å². The van der Waals surface area contributed by atoms with Crippen molar-refractivity contribution in [1.29, 1.82) is 0 Å². The van der Waals surface area contributed by atoms with Crippen molar-refractivity contribution in [3.05, 3.63) is 24.3 Å². The van der Waals surface area contributed by atoms with Crippen molar-refractivity contribution >= 4 is 13.7 Å². The van der Waals surface area contributed by atoms with Gasteiger partial charge in [-0.3, -0.25) is 13.8 Å². The number of rotatable bonds is 39. The highest BCUT2D eigenvalue weighted by Crippen LogP contribution is 2.43. The van der Waals surface area contributed by atoms with Crippen molar-refractivity contribution in [2.75, 3.05) is 40.9 Å². The molecule has 1 amide bonds. The van der Waals surface area contributed by atoms with Gasteiger partial charge in [0, 0.05) is 6.42 Å². The Morgan fingerprint density at radius 2 is 1.04 bits per heavy atom. The number of carbonyl (C=O) groups excluding carboxylic acids is 1. The van der Waals surface area contributed by atoms with Crippen molar-refractivity contribution in [1.82, 2.24) is 5.32 Å². The van der Waals surface area contributed by atoms with Gasteiger partial charge in [-0.25, -0.2) is 4.57 Å². The Labute approximate surface area is 322 Å². The van der Waals surface area contributed by atoms with E-state index in [0.717, 1.165) is 51.4 Å². The number of amides is 1. The first-order valence-electron chi connectivity index (χ1n) is 21.7. The molecule has 9 heteroatoms. The van der Waals surface area contributed by atoms with Gasteiger partial charge >= 0.3 is 7.82 Å². The van der Waals surface area contributed by atoms with Crippen LogP contribution in [0.2, 0.25) is 0 Å². The molecule has 0 fully saturated rings. The smallest absolute Gasteiger partial charge is 0.387 e. The second-order valence-corrected chi connectivity index (χ2v) is 17.5. The van der Waals surface area contributed by atoms with E-state index < -0.39 is 20.0 Å². The van der Waals surface area contributed by atoms with Crippen LogP contribution in [-0.2, 0) is 18.4 Å². The van der Waals surface area contributed by atoms with Crippen LogP contribution in [0.15, 0.2) is 24.3 Å². The van der Waals surface area contributed by atoms with Gasteiger partial charge in [-0.1, -0.05) is 167 Å². The fraction of sp³-hybridized carbons (Fsp3) is 0.884. The average molecular weight is 758 g/mol. The largest absolute Gasteiger partial charge is 0.472 e. The Morgan fingerprint density at radius 1 is 0.635 bits per heavy atom. The summed E-state index contributed by atoms with van der Waals surface area (Å²) in [4.78, 5) is 23.1. The molecule has 308 valence electrons. The summed E-state index contributed by atoms with van der Waals surface area (Å²) < 4.78 is 23.5. The number of quaternary nitrogens is 1. The summed E-state index contributed by atoms with van der Waals surface area (Å²) in [6, 6.07) is -0.846. The number of nitrogens with zero attached hydrogens (tertiary/aromatic N) is 1. The summed E-state index contributed by atoms with van der Waals surface area (Å²) in [5, 5.41) is 13.8. The van der Waals surface area contributed by atoms with Gasteiger partial charge in [0.15, 0.2) is 0 Å². The molecular formula is C43H86N2O6P+. The lowest BCUT2D eigenvalue weighted by molar-refractivity contribution is -0.870. The lowest BCUT2D eigenvalue weighted by Crippen LogP contribution is -2.45. The molecule has 52 heavy (non-hydrogen) atoms. The quantitative estimate of drug-likeness (QED) is 0.0250. The van der Waals surface area contributed by atoms with Crippen molar-refractivity contribution in [3.8, 4) is 0 Å². The third-order valence-corrected chi connectivity index (χ3v) is 10.6. The maximum absolute atomic E-state index is 12.8. The molecule has 0 saturated heterocycles. The Bertz CT molecular complexity index is 907. The lowest BCUT2D eigenvalue weighted by atomic mass is 10.0. The maximum Gasteiger partial charge on any atom is 0.472 e. The van der Waals surface area contributed by atoms with E-state index in [0.29, 0.717) is 17.4 Å². The summed E-state index contributed by atoms with van der Waals surface area (Å²) >= 11 is 0. The summed E-state index contributed by atoms with van der Waals surface area (Å²) in [6.07, 6.45) is 40.9. The minimum Gasteiger partial charge on any atom is -0.387 e. The monoisotopic (exact) mass is 758 g/mol. The number of hydrogen-bond acceptors (Lipinski definition) is 5. The summed E-state index contributed by atoms with van der Waals surface area (Å²) in [5.74, 6) is -0.186. The molecule has 3 atom stereocenters. The summed E-state index contributed by atoms with van der Waals surface area (Å²) in [5.41, 5.74) is 0. The molecule has 3 N–H and O–H groups in total. The predicted molar refractivity (Wildman–Crippen MR) is 221 cm³/mol. The van der Waals surface area contributed by atoms with Gasteiger partial charge in [-0.05, 0) is 44.9 Å². The molecule has 1 unspecified atom stereocenters. The van der Waals surface area contributed by atoms with E-state index in [1.54, 1.807) is 6.08 Å². The van der Waals surface area contributed by atoms with Crippen LogP contribution in [0.4, 0.5) is 0 Å². The third-order valence-electron chi connectivity index (χ3n) is 9.67. The summed E-state index contributed by atoms with van der Waals surface area (Å²) in [7, 11) is 1.57. The molecule has 0 aliphatic rings. The first kappa shape index (κ1) is 51.0. The number of phosphoric ester groups is 1. The fourth-order valence-corrected chi connectivity index (χ4v) is 6.89. The van der Waals surface area contributed by atoms with Gasteiger partial charge in [0.1, 0.15) is 13.2 Å². The maximum atomic E-state index is 12.8. The SMILES string of the molecule is CCCCCCCC/C=C/CCCCCCCC(=O)N[C@@H](COP(=O)(O)OCC[N+](C)(C)C)[C@H](O)/C=C/CCCCCCCCCCCCCCC. The van der Waals surface area contributed by atoms with Crippen molar-refractivity contribution < 1.29 is 32.9 Å². The molecule has 0 aliphatic carbocycles. The number of aliphatic hydroxyl groups is 1. The van der Waals surface area contributed by atoms with Crippen molar-refractivity contribution in [3.63, 3.8) is 0 Å². The molecule has 0 radical (unpaired) electrons. The van der Waals surface area contributed by atoms with Gasteiger partial charge in [0.25, 0.3) is 0 Å². The fourth-order valence-electron chi connectivity index (χ4n) is 6.15. The molecular weight excluding hydrogens is 671 g/mol. The second-order valence-electron chi connectivity index (χ2n) is 16.1. The molecule has 0 spiro atoms. The number of nitrogens with one attached hydrogen (secondary N) is 1. The Balaban J connectivity index is 4.47. The lowest BCUT2D eigenvalue weighted by Gasteiger charge is -2.25. The molecule has 0 bridgehead atoms. The van der Waals surface area contributed by atoms with Gasteiger partial charge < -0.3 is 19.8 Å². The number of hydrogen-bond donors (Lipinski definition) is 3. The standard InChI is InChI=1S/C43H85N2O6P/c1-6-8-10-12-14-16-18-20-22-24-26-28-30-32-34-36-42(46)41(40-51-52(48,49)50-39-38-45(3,4)5)44-43(47)37-35-33-31-29-27-25-23-21-19-17-15-13-11-9-7-2/h21,23,34,36,41-42,46H,6-20,22,24-33,35,37-40H2,1-5H3,(H-,44,47,48,49)/p+1/b23-21+,36-34+/t41-,42+/m0/s1. The van der Waals surface area contributed by atoms with E-state index in [4.69, 9.17) is 9.05 Å². The molecule has 0 heterocycles. The number of carbonyl (C=O) groups is 1. The zero-order chi connectivity index (χ0) is 38.6. The Hall–Kier alpha value is -1.02. The number of phosphoric acid groups is 1. The van der Waals surface area contributed by atoms with Gasteiger partial charge in [-0.2, -0.15) is 0 Å². The minimum absolute atomic E-state index is 0.0609. The zero-order valence-electron chi connectivity index (χ0n) is 34.8. The van der Waals surface area contributed by atoms with Crippen LogP contribution < -0.4 is 5.32 Å². The molecule has 0 aliphatic heterocycles. The topological polar surface area (TPSA) is 105 Å². The first-order chi connectivity index (χ1) is 25.0. The van der Waals surface area contributed by atoms with E-state index in [2.05, 4.69) is 31.3 Å². The summed E-state index contributed by atoms with van der Waals surface area (Å²) in [6.45, 7) is 4.80. The number of allylic oxidation sites excluding steroid dienone is 3.